The van der Waals surface area contributed by atoms with Crippen molar-refractivity contribution in [3.05, 3.63) is 102 Å². The Balaban J connectivity index is 2.06. The predicted molar refractivity (Wildman–Crippen MR) is 136 cm³/mol. The summed E-state index contributed by atoms with van der Waals surface area (Å²) in [7, 11) is 0. The number of nitrogens with one attached hydrogen (secondary N) is 2. The molecular formula is C28H26N2O6. The van der Waals surface area contributed by atoms with Gasteiger partial charge in [0, 0.05) is 34.1 Å². The molecule has 0 aliphatic carbocycles. The van der Waals surface area contributed by atoms with Gasteiger partial charge in [0.15, 0.2) is 0 Å². The van der Waals surface area contributed by atoms with Crippen LogP contribution in [0.5, 0.6) is 0 Å². The molecule has 0 aliphatic heterocycles. The summed E-state index contributed by atoms with van der Waals surface area (Å²) in [5.74, 6) is -2.32. The number of anilines is 2. The normalized spacial score (nSPS) is 10.8. The van der Waals surface area contributed by atoms with E-state index in [9.17, 15) is 19.2 Å². The molecule has 8 heteroatoms. The summed E-state index contributed by atoms with van der Waals surface area (Å²) in [6, 6.07) is 21.7. The van der Waals surface area contributed by atoms with E-state index in [1.807, 2.05) is 0 Å². The van der Waals surface area contributed by atoms with Gasteiger partial charge in [-0.25, -0.2) is 9.59 Å². The summed E-state index contributed by atoms with van der Waals surface area (Å²) in [5.41, 5.74) is 1.47. The van der Waals surface area contributed by atoms with E-state index < -0.39 is 17.8 Å². The number of ether oxygens (including phenoxy) is 2. The molecule has 0 aliphatic rings. The molecule has 0 fully saturated rings. The monoisotopic (exact) mass is 486 g/mol. The highest BCUT2D eigenvalue weighted by molar-refractivity contribution is 6.23. The van der Waals surface area contributed by atoms with E-state index in [4.69, 9.17) is 9.47 Å². The van der Waals surface area contributed by atoms with E-state index in [2.05, 4.69) is 10.6 Å². The van der Waals surface area contributed by atoms with Crippen molar-refractivity contribution in [1.82, 2.24) is 0 Å². The van der Waals surface area contributed by atoms with E-state index in [0.717, 1.165) is 6.08 Å². The minimum absolute atomic E-state index is 0.0646. The molecular weight excluding hydrogens is 460 g/mol. The van der Waals surface area contributed by atoms with Gasteiger partial charge in [0.2, 0.25) is 0 Å². The Bertz CT molecular complexity index is 1270. The maximum Gasteiger partial charge on any atom is 0.339 e. The topological polar surface area (TPSA) is 111 Å². The zero-order valence-electron chi connectivity index (χ0n) is 19.9. The van der Waals surface area contributed by atoms with Gasteiger partial charge in [0.25, 0.3) is 11.8 Å². The van der Waals surface area contributed by atoms with Crippen molar-refractivity contribution in [2.75, 3.05) is 23.8 Å². The highest BCUT2D eigenvalue weighted by Gasteiger charge is 2.21. The fourth-order valence-corrected chi connectivity index (χ4v) is 3.29. The summed E-state index contributed by atoms with van der Waals surface area (Å²) in [6.07, 6.45) is 1.01. The highest BCUT2D eigenvalue weighted by atomic mass is 16.5. The number of amides is 2. The summed E-state index contributed by atoms with van der Waals surface area (Å²) >= 11 is 0. The molecule has 0 spiro atoms. The van der Waals surface area contributed by atoms with Crippen LogP contribution in [0.1, 0.15) is 40.1 Å². The van der Waals surface area contributed by atoms with Crippen molar-refractivity contribution in [2.45, 2.75) is 13.8 Å². The lowest BCUT2D eigenvalue weighted by atomic mass is 10.0. The van der Waals surface area contributed by atoms with Crippen LogP contribution in [0.4, 0.5) is 11.4 Å². The van der Waals surface area contributed by atoms with Crippen molar-refractivity contribution in [2.24, 2.45) is 0 Å². The largest absolute Gasteiger partial charge is 0.463 e. The molecule has 0 saturated heterocycles. The minimum atomic E-state index is -0.785. The number of carbonyl (C=O) groups excluding carboxylic acids is 4. The average Bonchev–Trinajstić information content (AvgIpc) is 2.89. The van der Waals surface area contributed by atoms with E-state index >= 15 is 0 Å². The summed E-state index contributed by atoms with van der Waals surface area (Å²) in [5, 5.41) is 5.54. The molecule has 184 valence electrons. The van der Waals surface area contributed by atoms with Gasteiger partial charge in [0.05, 0.1) is 18.8 Å². The smallest absolute Gasteiger partial charge is 0.339 e. The van der Waals surface area contributed by atoms with Gasteiger partial charge in [-0.15, -0.1) is 0 Å². The van der Waals surface area contributed by atoms with Crippen LogP contribution in [0, 0.1) is 0 Å². The molecule has 0 saturated carbocycles. The molecule has 2 N–H and O–H groups in total. The molecule has 0 radical (unpaired) electrons. The number of rotatable bonds is 9. The third-order valence-electron chi connectivity index (χ3n) is 4.93. The molecule has 0 atom stereocenters. The van der Waals surface area contributed by atoms with Crippen LogP contribution < -0.4 is 10.6 Å². The van der Waals surface area contributed by atoms with Gasteiger partial charge in [-0.05, 0) is 56.3 Å². The van der Waals surface area contributed by atoms with Gasteiger partial charge in [0.1, 0.15) is 0 Å². The Hall–Kier alpha value is -4.72. The second-order valence-electron chi connectivity index (χ2n) is 7.43. The van der Waals surface area contributed by atoms with Crippen LogP contribution in [-0.4, -0.2) is 37.0 Å². The Morgan fingerprint density at radius 3 is 1.83 bits per heavy atom. The zero-order valence-corrected chi connectivity index (χ0v) is 19.9. The fourth-order valence-electron chi connectivity index (χ4n) is 3.29. The molecule has 3 aromatic rings. The summed E-state index contributed by atoms with van der Waals surface area (Å²) < 4.78 is 10.1. The minimum Gasteiger partial charge on any atom is -0.463 e. The predicted octanol–water partition coefficient (Wildman–Crippen LogP) is 4.70. The van der Waals surface area contributed by atoms with Crippen LogP contribution in [-0.2, 0) is 19.1 Å². The van der Waals surface area contributed by atoms with Crippen LogP contribution in [0.25, 0.3) is 5.57 Å². The van der Waals surface area contributed by atoms with Crippen molar-refractivity contribution < 1.29 is 28.7 Å². The van der Waals surface area contributed by atoms with Crippen LogP contribution in [0.3, 0.4) is 0 Å². The van der Waals surface area contributed by atoms with Crippen molar-refractivity contribution >= 4 is 40.7 Å². The zero-order chi connectivity index (χ0) is 25.9. The molecule has 2 amide bonds. The summed E-state index contributed by atoms with van der Waals surface area (Å²) in [4.78, 5) is 50.7. The summed E-state index contributed by atoms with van der Waals surface area (Å²) in [6.45, 7) is 3.45. The number of hydrogen-bond donors (Lipinski definition) is 2. The first-order valence-corrected chi connectivity index (χ1v) is 11.4. The first-order valence-electron chi connectivity index (χ1n) is 11.4. The molecule has 3 aromatic carbocycles. The number of esters is 2. The number of hydrogen-bond acceptors (Lipinski definition) is 6. The Morgan fingerprint density at radius 2 is 1.28 bits per heavy atom. The van der Waals surface area contributed by atoms with Gasteiger partial charge < -0.3 is 20.1 Å². The van der Waals surface area contributed by atoms with Crippen molar-refractivity contribution in [3.8, 4) is 0 Å². The number of carbonyl (C=O) groups is 4. The van der Waals surface area contributed by atoms with Gasteiger partial charge in [-0.2, -0.15) is 0 Å². The SMILES string of the molecule is CCOC(=O)/C=C(/C(=O)OCC)c1cc(NC(=O)c2ccccc2)ccc1NC(=O)c1ccccc1. The lowest BCUT2D eigenvalue weighted by molar-refractivity contribution is -0.139. The van der Waals surface area contributed by atoms with Gasteiger partial charge >= 0.3 is 11.9 Å². The maximum absolute atomic E-state index is 12.8. The van der Waals surface area contributed by atoms with E-state index in [-0.39, 0.29) is 35.9 Å². The van der Waals surface area contributed by atoms with Crippen LogP contribution in [0.2, 0.25) is 0 Å². The molecule has 36 heavy (non-hydrogen) atoms. The Kier molecular flexibility index (Phi) is 9.11. The second kappa shape index (κ2) is 12.7. The molecule has 3 rings (SSSR count). The lowest BCUT2D eigenvalue weighted by Gasteiger charge is -2.16. The van der Waals surface area contributed by atoms with Crippen LogP contribution in [0.15, 0.2) is 84.9 Å². The molecule has 0 heterocycles. The average molecular weight is 487 g/mol. The maximum atomic E-state index is 12.8. The Labute approximate surface area is 208 Å². The van der Waals surface area contributed by atoms with Gasteiger partial charge in [-0.1, -0.05) is 36.4 Å². The molecule has 8 nitrogen and oxygen atoms in total. The third kappa shape index (κ3) is 6.89. The highest BCUT2D eigenvalue weighted by Crippen LogP contribution is 2.29. The van der Waals surface area contributed by atoms with Crippen molar-refractivity contribution in [1.29, 1.82) is 0 Å². The van der Waals surface area contributed by atoms with Crippen molar-refractivity contribution in [3.63, 3.8) is 0 Å². The molecule has 0 bridgehead atoms. The molecule has 0 aromatic heterocycles. The second-order valence-corrected chi connectivity index (χ2v) is 7.43. The fraction of sp³-hybridized carbons (Fsp3) is 0.143. The number of benzene rings is 3. The first-order chi connectivity index (χ1) is 17.4. The van der Waals surface area contributed by atoms with E-state index in [0.29, 0.717) is 16.8 Å². The third-order valence-corrected chi connectivity index (χ3v) is 4.93. The first kappa shape index (κ1) is 25.9. The lowest BCUT2D eigenvalue weighted by Crippen LogP contribution is -2.17. The van der Waals surface area contributed by atoms with E-state index in [1.54, 1.807) is 80.6 Å². The standard InChI is InChI=1S/C28H26N2O6/c1-3-35-25(31)18-23(28(34)36-4-2)22-17-21(29-26(32)19-11-7-5-8-12-19)15-16-24(22)30-27(33)20-13-9-6-10-14-20/h5-18H,3-4H2,1-2H3,(H,29,32)(H,30,33)/b23-18+. The van der Waals surface area contributed by atoms with Gasteiger partial charge in [-0.3, -0.25) is 9.59 Å². The Morgan fingerprint density at radius 1 is 0.722 bits per heavy atom. The quantitative estimate of drug-likeness (QED) is 0.335. The molecule has 0 unspecified atom stereocenters. The van der Waals surface area contributed by atoms with E-state index in [1.165, 1.54) is 12.1 Å². The van der Waals surface area contributed by atoms with Crippen LogP contribution >= 0.6 is 0 Å².